The maximum absolute atomic E-state index is 12.9. The fraction of sp³-hybridized carbons (Fsp3) is 0.520. The van der Waals surface area contributed by atoms with Gasteiger partial charge in [0.15, 0.2) is 0 Å². The number of hydrogen-bond acceptors (Lipinski definition) is 6. The molecule has 3 heterocycles. The van der Waals surface area contributed by atoms with Crippen LogP contribution in [0.1, 0.15) is 42.3 Å². The first-order valence-electron chi connectivity index (χ1n) is 11.5. The quantitative estimate of drug-likeness (QED) is 0.748. The molecule has 2 aliphatic rings. The maximum Gasteiger partial charge on any atom is 0.251 e. The summed E-state index contributed by atoms with van der Waals surface area (Å²) < 4.78 is 11.5. The van der Waals surface area contributed by atoms with Crippen LogP contribution in [0.3, 0.4) is 0 Å². The van der Waals surface area contributed by atoms with E-state index < -0.39 is 0 Å². The second-order valence-corrected chi connectivity index (χ2v) is 8.93. The Morgan fingerprint density at radius 1 is 1.06 bits per heavy atom. The van der Waals surface area contributed by atoms with Crippen molar-refractivity contribution < 1.29 is 14.3 Å². The van der Waals surface area contributed by atoms with Crippen LogP contribution in [0.4, 0.5) is 5.82 Å². The zero-order valence-corrected chi connectivity index (χ0v) is 19.3. The van der Waals surface area contributed by atoms with Gasteiger partial charge in [0.25, 0.3) is 5.91 Å². The number of rotatable bonds is 6. The number of carbonyl (C=O) groups is 1. The Hall–Kier alpha value is -2.48. The highest BCUT2D eigenvalue weighted by Gasteiger charge is 2.23. The van der Waals surface area contributed by atoms with Crippen LogP contribution in [-0.2, 0) is 22.6 Å². The van der Waals surface area contributed by atoms with E-state index in [1.54, 1.807) is 12.3 Å². The van der Waals surface area contributed by atoms with Crippen LogP contribution in [0.25, 0.3) is 0 Å². The summed E-state index contributed by atoms with van der Waals surface area (Å²) in [6, 6.07) is 12.0. The van der Waals surface area contributed by atoms with Gasteiger partial charge in [0.05, 0.1) is 24.9 Å². The number of anilines is 1. The lowest BCUT2D eigenvalue weighted by atomic mass is 10.1. The molecule has 0 saturated carbocycles. The lowest BCUT2D eigenvalue weighted by Gasteiger charge is -2.35. The molecule has 0 aliphatic carbocycles. The van der Waals surface area contributed by atoms with Crippen molar-refractivity contribution in [2.24, 2.45) is 0 Å². The van der Waals surface area contributed by atoms with Crippen LogP contribution in [0.2, 0.25) is 0 Å². The first-order chi connectivity index (χ1) is 15.5. The normalized spacial score (nSPS) is 24.3. The Balaban J connectivity index is 1.39. The zero-order chi connectivity index (χ0) is 22.5. The summed E-state index contributed by atoms with van der Waals surface area (Å²) in [6.07, 6.45) is 2.35. The third kappa shape index (κ3) is 5.85. The first-order valence-corrected chi connectivity index (χ1v) is 11.5. The monoisotopic (exact) mass is 438 g/mol. The number of carbonyl (C=O) groups excluding carboxylic acids is 1. The van der Waals surface area contributed by atoms with Crippen LogP contribution in [-0.4, -0.2) is 66.9 Å². The molecule has 7 nitrogen and oxygen atoms in total. The van der Waals surface area contributed by atoms with Gasteiger partial charge < -0.3 is 19.7 Å². The average molecular weight is 439 g/mol. The van der Waals surface area contributed by atoms with Crippen LogP contribution in [0, 0.1) is 0 Å². The fourth-order valence-electron chi connectivity index (χ4n) is 4.58. The Morgan fingerprint density at radius 2 is 1.81 bits per heavy atom. The molecule has 2 saturated heterocycles. The number of hydrogen-bond donors (Lipinski definition) is 1. The molecule has 0 radical (unpaired) electrons. The molecule has 0 bridgehead atoms. The van der Waals surface area contributed by atoms with E-state index in [-0.39, 0.29) is 24.2 Å². The number of pyridine rings is 1. The Bertz CT molecular complexity index is 912. The fourth-order valence-corrected chi connectivity index (χ4v) is 4.58. The smallest absolute Gasteiger partial charge is 0.251 e. The van der Waals surface area contributed by atoms with Crippen LogP contribution >= 0.6 is 0 Å². The van der Waals surface area contributed by atoms with E-state index in [4.69, 9.17) is 9.47 Å². The van der Waals surface area contributed by atoms with Crippen molar-refractivity contribution in [3.8, 4) is 0 Å². The summed E-state index contributed by atoms with van der Waals surface area (Å²) in [5, 5.41) is 3.10. The third-order valence-corrected chi connectivity index (χ3v) is 6.02. The largest absolute Gasteiger partial charge is 0.375 e. The van der Waals surface area contributed by atoms with Crippen LogP contribution < -0.4 is 10.2 Å². The van der Waals surface area contributed by atoms with Gasteiger partial charge in [-0.25, -0.2) is 4.98 Å². The molecular formula is C25H34N4O3. The van der Waals surface area contributed by atoms with Gasteiger partial charge in [-0.05, 0) is 44.0 Å². The summed E-state index contributed by atoms with van der Waals surface area (Å²) in [7, 11) is 0. The topological polar surface area (TPSA) is 66.9 Å². The zero-order valence-electron chi connectivity index (χ0n) is 19.3. The van der Waals surface area contributed by atoms with Crippen LogP contribution in [0.5, 0.6) is 0 Å². The van der Waals surface area contributed by atoms with Crippen molar-refractivity contribution in [1.29, 1.82) is 0 Å². The van der Waals surface area contributed by atoms with Crippen molar-refractivity contribution >= 4 is 11.7 Å². The van der Waals surface area contributed by atoms with E-state index in [1.165, 1.54) is 5.56 Å². The first kappa shape index (κ1) is 22.7. The Kier molecular flexibility index (Phi) is 7.40. The van der Waals surface area contributed by atoms with Gasteiger partial charge >= 0.3 is 0 Å². The number of amides is 1. The standard InChI is InChI=1S/C25H34N4O3/c1-18-16-29(10-11-31-18)24-12-21(8-9-26-24)25(30)27-13-22-6-4-5-7-23(22)17-28-14-19(2)32-20(3)15-28/h4-9,12,18-20H,10-11,13-17H2,1-3H3,(H,27,30)/t18-,19+,20+/m1/s1. The predicted molar refractivity (Wildman–Crippen MR) is 125 cm³/mol. The van der Waals surface area contributed by atoms with Gasteiger partial charge in [-0.2, -0.15) is 0 Å². The average Bonchev–Trinajstić information content (AvgIpc) is 2.78. The molecule has 1 aromatic carbocycles. The van der Waals surface area contributed by atoms with Gasteiger partial charge in [-0.3, -0.25) is 9.69 Å². The van der Waals surface area contributed by atoms with Crippen molar-refractivity contribution in [3.63, 3.8) is 0 Å². The molecule has 1 aromatic heterocycles. The van der Waals surface area contributed by atoms with E-state index in [1.807, 2.05) is 12.1 Å². The van der Waals surface area contributed by atoms with E-state index >= 15 is 0 Å². The van der Waals surface area contributed by atoms with Gasteiger partial charge in [0.1, 0.15) is 5.82 Å². The SMILES string of the molecule is C[C@@H]1CN(c2cc(C(=O)NCc3ccccc3CN3C[C@H](C)O[C@@H](C)C3)ccn2)CCO1. The molecule has 32 heavy (non-hydrogen) atoms. The second kappa shape index (κ2) is 10.4. The highest BCUT2D eigenvalue weighted by molar-refractivity contribution is 5.94. The summed E-state index contributed by atoms with van der Waals surface area (Å²) in [5.74, 6) is 0.738. The third-order valence-electron chi connectivity index (χ3n) is 6.02. The summed E-state index contributed by atoms with van der Waals surface area (Å²) in [5.41, 5.74) is 3.01. The Morgan fingerprint density at radius 3 is 2.56 bits per heavy atom. The van der Waals surface area contributed by atoms with Crippen molar-refractivity contribution in [2.75, 3.05) is 37.7 Å². The number of morpholine rings is 2. The number of benzene rings is 1. The molecule has 7 heteroatoms. The molecule has 0 spiro atoms. The Labute approximate surface area is 190 Å². The molecule has 1 N–H and O–H groups in total. The lowest BCUT2D eigenvalue weighted by Crippen LogP contribution is -2.45. The van der Waals surface area contributed by atoms with Crippen molar-refractivity contribution in [2.45, 2.75) is 52.2 Å². The van der Waals surface area contributed by atoms with E-state index in [0.717, 1.165) is 44.1 Å². The summed E-state index contributed by atoms with van der Waals surface area (Å²) in [6.45, 7) is 11.7. The van der Waals surface area contributed by atoms with Crippen molar-refractivity contribution in [3.05, 3.63) is 59.3 Å². The molecule has 0 unspecified atom stereocenters. The van der Waals surface area contributed by atoms with Crippen molar-refractivity contribution in [1.82, 2.24) is 15.2 Å². The minimum atomic E-state index is -0.0848. The summed E-state index contributed by atoms with van der Waals surface area (Å²) >= 11 is 0. The number of aromatic nitrogens is 1. The van der Waals surface area contributed by atoms with E-state index in [0.29, 0.717) is 18.7 Å². The predicted octanol–water partition coefficient (Wildman–Crippen LogP) is 2.85. The lowest BCUT2D eigenvalue weighted by molar-refractivity contribution is -0.0705. The van der Waals surface area contributed by atoms with E-state index in [9.17, 15) is 4.79 Å². The number of nitrogens with zero attached hydrogens (tertiary/aromatic N) is 3. The minimum Gasteiger partial charge on any atom is -0.375 e. The van der Waals surface area contributed by atoms with Gasteiger partial charge in [-0.15, -0.1) is 0 Å². The summed E-state index contributed by atoms with van der Waals surface area (Å²) in [4.78, 5) is 22.0. The highest BCUT2D eigenvalue weighted by atomic mass is 16.5. The van der Waals surface area contributed by atoms with Gasteiger partial charge in [-0.1, -0.05) is 24.3 Å². The molecule has 2 aromatic rings. The minimum absolute atomic E-state index is 0.0848. The molecule has 172 valence electrons. The molecule has 3 atom stereocenters. The molecule has 2 fully saturated rings. The molecule has 1 amide bonds. The van der Waals surface area contributed by atoms with Gasteiger partial charge in [0, 0.05) is 51.0 Å². The number of ether oxygens (including phenoxy) is 2. The van der Waals surface area contributed by atoms with Crippen LogP contribution in [0.15, 0.2) is 42.6 Å². The number of nitrogens with one attached hydrogen (secondary N) is 1. The highest BCUT2D eigenvalue weighted by Crippen LogP contribution is 2.19. The molecule has 4 rings (SSSR count). The maximum atomic E-state index is 12.9. The molecule has 2 aliphatic heterocycles. The molecular weight excluding hydrogens is 404 g/mol. The second-order valence-electron chi connectivity index (χ2n) is 8.93. The van der Waals surface area contributed by atoms with E-state index in [2.05, 4.69) is 59.1 Å². The van der Waals surface area contributed by atoms with Gasteiger partial charge in [0.2, 0.25) is 0 Å².